The summed E-state index contributed by atoms with van der Waals surface area (Å²) in [6.45, 7) is 7.21. The number of fused-ring (bicyclic) bond motifs is 1. The molecule has 1 aromatic heterocycles. The van der Waals surface area contributed by atoms with Gasteiger partial charge in [0.1, 0.15) is 5.82 Å². The Balaban J connectivity index is 1.52. The number of benzene rings is 2. The molecule has 1 fully saturated rings. The highest BCUT2D eigenvalue weighted by Crippen LogP contribution is 2.25. The number of H-pyrrole nitrogens is 1. The van der Waals surface area contributed by atoms with E-state index in [1.54, 1.807) is 13.8 Å². The molecular weight excluding hydrogens is 380 g/mol. The van der Waals surface area contributed by atoms with Crippen molar-refractivity contribution in [2.24, 2.45) is 0 Å². The minimum atomic E-state index is -0.884. The van der Waals surface area contributed by atoms with E-state index < -0.39 is 5.60 Å². The fourth-order valence-corrected chi connectivity index (χ4v) is 3.81. The Labute approximate surface area is 176 Å². The fourth-order valence-electron chi connectivity index (χ4n) is 3.81. The Kier molecular flexibility index (Phi) is 5.60. The van der Waals surface area contributed by atoms with Crippen molar-refractivity contribution >= 4 is 16.9 Å². The molecule has 0 bridgehead atoms. The van der Waals surface area contributed by atoms with E-state index in [0.29, 0.717) is 25.2 Å². The summed E-state index contributed by atoms with van der Waals surface area (Å²) in [5.41, 5.74) is 3.15. The topological polar surface area (TPSA) is 92.7 Å². The summed E-state index contributed by atoms with van der Waals surface area (Å²) in [6.07, 6.45) is 0. The minimum absolute atomic E-state index is 0.0197. The number of imidazole rings is 1. The zero-order chi connectivity index (χ0) is 21.3. The van der Waals surface area contributed by atoms with E-state index in [1.807, 2.05) is 47.4 Å². The first-order valence-electron chi connectivity index (χ1n) is 10.3. The van der Waals surface area contributed by atoms with Gasteiger partial charge in [-0.1, -0.05) is 24.3 Å². The molecule has 7 nitrogen and oxygen atoms in total. The monoisotopic (exact) mass is 408 g/mol. The summed E-state index contributed by atoms with van der Waals surface area (Å²) in [5, 5.41) is 19.2. The molecule has 7 heteroatoms. The number of β-amino-alcohol motifs (C(OH)–C–C–N with tert-alkyl or cyclic N) is 1. The third-order valence-corrected chi connectivity index (χ3v) is 5.67. The van der Waals surface area contributed by atoms with Crippen LogP contribution in [-0.2, 0) is 5.60 Å². The average Bonchev–Trinajstić information content (AvgIpc) is 3.17. The summed E-state index contributed by atoms with van der Waals surface area (Å²) < 4.78 is 0. The van der Waals surface area contributed by atoms with E-state index in [-0.39, 0.29) is 12.5 Å². The molecule has 1 saturated heterocycles. The molecule has 3 aromatic rings. The molecule has 1 aliphatic heterocycles. The molecular formula is C23H28N4O3. The minimum Gasteiger partial charge on any atom is -0.395 e. The number of aromatic nitrogens is 2. The molecule has 158 valence electrons. The molecule has 0 radical (unpaired) electrons. The van der Waals surface area contributed by atoms with E-state index in [1.165, 1.54) is 0 Å². The van der Waals surface area contributed by atoms with Crippen LogP contribution in [-0.4, -0.2) is 75.2 Å². The molecule has 0 unspecified atom stereocenters. The first-order chi connectivity index (χ1) is 14.3. The number of nitrogens with zero attached hydrogens (tertiary/aromatic N) is 3. The van der Waals surface area contributed by atoms with Gasteiger partial charge < -0.3 is 20.1 Å². The van der Waals surface area contributed by atoms with E-state index in [4.69, 9.17) is 5.11 Å². The zero-order valence-corrected chi connectivity index (χ0v) is 17.4. The smallest absolute Gasteiger partial charge is 0.254 e. The van der Waals surface area contributed by atoms with Crippen LogP contribution in [0.5, 0.6) is 0 Å². The van der Waals surface area contributed by atoms with Crippen molar-refractivity contribution < 1.29 is 15.0 Å². The molecule has 0 spiro atoms. The lowest BCUT2D eigenvalue weighted by molar-refractivity contribution is 0.0615. The summed E-state index contributed by atoms with van der Waals surface area (Å²) in [7, 11) is 0. The van der Waals surface area contributed by atoms with Gasteiger partial charge in [-0.3, -0.25) is 9.69 Å². The third-order valence-electron chi connectivity index (χ3n) is 5.67. The second-order valence-corrected chi connectivity index (χ2v) is 8.31. The molecule has 1 amide bonds. The number of nitrogens with one attached hydrogen (secondary N) is 1. The van der Waals surface area contributed by atoms with Crippen molar-refractivity contribution in [3.8, 4) is 11.4 Å². The standard InChI is InChI=1S/C23H28N4O3/c1-23(2,30)18-6-3-16(4-7-18)21-24-19-8-5-17(15-20(19)25-21)22(29)27-11-9-26(10-12-27)13-14-28/h3-8,15,28,30H,9-14H2,1-2H3,(H,24,25). The van der Waals surface area contributed by atoms with Crippen LogP contribution in [0.1, 0.15) is 29.8 Å². The van der Waals surface area contributed by atoms with Gasteiger partial charge in [0.2, 0.25) is 0 Å². The molecule has 2 aromatic carbocycles. The number of carbonyl (C=O) groups excluding carboxylic acids is 1. The van der Waals surface area contributed by atoms with Crippen LogP contribution in [0, 0.1) is 0 Å². The Hall–Kier alpha value is -2.74. The maximum absolute atomic E-state index is 12.9. The molecule has 0 saturated carbocycles. The Morgan fingerprint density at radius 2 is 1.80 bits per heavy atom. The van der Waals surface area contributed by atoms with E-state index in [9.17, 15) is 9.90 Å². The highest BCUT2D eigenvalue weighted by Gasteiger charge is 2.22. The van der Waals surface area contributed by atoms with Crippen molar-refractivity contribution in [3.63, 3.8) is 0 Å². The van der Waals surface area contributed by atoms with Crippen LogP contribution >= 0.6 is 0 Å². The third kappa shape index (κ3) is 4.23. The van der Waals surface area contributed by atoms with Gasteiger partial charge in [0.05, 0.1) is 23.2 Å². The molecule has 0 aliphatic carbocycles. The van der Waals surface area contributed by atoms with Crippen molar-refractivity contribution in [2.75, 3.05) is 39.3 Å². The number of hydrogen-bond acceptors (Lipinski definition) is 5. The quantitative estimate of drug-likeness (QED) is 0.602. The highest BCUT2D eigenvalue weighted by molar-refractivity contribution is 5.97. The summed E-state index contributed by atoms with van der Waals surface area (Å²) >= 11 is 0. The number of amides is 1. The molecule has 3 N–H and O–H groups in total. The maximum atomic E-state index is 12.9. The molecule has 0 atom stereocenters. The molecule has 30 heavy (non-hydrogen) atoms. The van der Waals surface area contributed by atoms with Crippen molar-refractivity contribution in [2.45, 2.75) is 19.4 Å². The lowest BCUT2D eigenvalue weighted by Crippen LogP contribution is -2.49. The molecule has 1 aliphatic rings. The predicted octanol–water partition coefficient (Wildman–Crippen LogP) is 2.21. The number of rotatable bonds is 5. The lowest BCUT2D eigenvalue weighted by atomic mass is 9.97. The van der Waals surface area contributed by atoms with Gasteiger partial charge in [-0.2, -0.15) is 0 Å². The predicted molar refractivity (Wildman–Crippen MR) is 116 cm³/mol. The number of hydrogen-bond donors (Lipinski definition) is 3. The second-order valence-electron chi connectivity index (χ2n) is 8.31. The Bertz CT molecular complexity index is 1030. The van der Waals surface area contributed by atoms with Crippen LogP contribution in [0.3, 0.4) is 0 Å². The first kappa shape index (κ1) is 20.5. The summed E-state index contributed by atoms with van der Waals surface area (Å²) in [5.74, 6) is 0.751. The van der Waals surface area contributed by atoms with Crippen molar-refractivity contribution in [1.82, 2.24) is 19.8 Å². The normalized spacial score (nSPS) is 15.7. The van der Waals surface area contributed by atoms with Crippen molar-refractivity contribution in [3.05, 3.63) is 53.6 Å². The van der Waals surface area contributed by atoms with Gasteiger partial charge in [0.15, 0.2) is 0 Å². The summed E-state index contributed by atoms with van der Waals surface area (Å²) in [4.78, 5) is 24.9. The van der Waals surface area contributed by atoms with E-state index >= 15 is 0 Å². The zero-order valence-electron chi connectivity index (χ0n) is 17.4. The van der Waals surface area contributed by atoms with Gasteiger partial charge >= 0.3 is 0 Å². The van der Waals surface area contributed by atoms with Gasteiger partial charge in [-0.15, -0.1) is 0 Å². The van der Waals surface area contributed by atoms with Crippen LogP contribution in [0.4, 0.5) is 0 Å². The van der Waals surface area contributed by atoms with Gasteiger partial charge in [0.25, 0.3) is 5.91 Å². The number of aliphatic hydroxyl groups excluding tert-OH is 1. The van der Waals surface area contributed by atoms with Crippen LogP contribution in [0.15, 0.2) is 42.5 Å². The fraction of sp³-hybridized carbons (Fsp3) is 0.391. The molecule has 4 rings (SSSR count). The number of aromatic amines is 1. The number of aliphatic hydroxyl groups is 2. The molecule has 2 heterocycles. The largest absolute Gasteiger partial charge is 0.395 e. The van der Waals surface area contributed by atoms with Crippen LogP contribution < -0.4 is 0 Å². The van der Waals surface area contributed by atoms with Gasteiger partial charge in [-0.05, 0) is 37.6 Å². The lowest BCUT2D eigenvalue weighted by Gasteiger charge is -2.34. The van der Waals surface area contributed by atoms with Crippen molar-refractivity contribution in [1.29, 1.82) is 0 Å². The maximum Gasteiger partial charge on any atom is 0.254 e. The average molecular weight is 409 g/mol. The van der Waals surface area contributed by atoms with Gasteiger partial charge in [0, 0.05) is 43.9 Å². The number of carbonyl (C=O) groups is 1. The van der Waals surface area contributed by atoms with Crippen LogP contribution in [0.2, 0.25) is 0 Å². The second kappa shape index (κ2) is 8.18. The highest BCUT2D eigenvalue weighted by atomic mass is 16.3. The first-order valence-corrected chi connectivity index (χ1v) is 10.3. The Morgan fingerprint density at radius 3 is 2.43 bits per heavy atom. The van der Waals surface area contributed by atoms with Crippen LogP contribution in [0.25, 0.3) is 22.4 Å². The SMILES string of the molecule is CC(C)(O)c1ccc(-c2nc3ccc(C(=O)N4CCN(CCO)CC4)cc3[nH]2)cc1. The van der Waals surface area contributed by atoms with E-state index in [0.717, 1.165) is 41.1 Å². The van der Waals surface area contributed by atoms with Gasteiger partial charge in [-0.25, -0.2) is 4.98 Å². The Morgan fingerprint density at radius 1 is 1.10 bits per heavy atom. The van der Waals surface area contributed by atoms with E-state index in [2.05, 4.69) is 14.9 Å². The number of piperazine rings is 1. The summed E-state index contributed by atoms with van der Waals surface area (Å²) in [6, 6.07) is 13.2.